The van der Waals surface area contributed by atoms with Crippen LogP contribution in [-0.2, 0) is 4.79 Å². The van der Waals surface area contributed by atoms with Gasteiger partial charge in [0.1, 0.15) is 0 Å². The Morgan fingerprint density at radius 2 is 1.54 bits per heavy atom. The molecule has 0 aromatic rings. The SMILES string of the molecule is CCCCCN1CCN(CC(=O)N2CCC(C)(C(C)C)CC2)CC1. The zero-order valence-electron chi connectivity index (χ0n) is 16.5. The van der Waals surface area contributed by atoms with Crippen molar-refractivity contribution < 1.29 is 4.79 Å². The molecule has 0 atom stereocenters. The van der Waals surface area contributed by atoms with Crippen molar-refractivity contribution in [2.45, 2.75) is 59.8 Å². The molecule has 2 aliphatic heterocycles. The van der Waals surface area contributed by atoms with Crippen molar-refractivity contribution in [1.29, 1.82) is 0 Å². The monoisotopic (exact) mass is 337 g/mol. The maximum Gasteiger partial charge on any atom is 0.236 e. The summed E-state index contributed by atoms with van der Waals surface area (Å²) in [6, 6.07) is 0. The lowest BCUT2D eigenvalue weighted by Crippen LogP contribution is -2.52. The third kappa shape index (κ3) is 5.45. The van der Waals surface area contributed by atoms with E-state index in [1.54, 1.807) is 0 Å². The second-order valence-corrected chi connectivity index (χ2v) is 8.51. The molecule has 0 radical (unpaired) electrons. The number of nitrogens with zero attached hydrogens (tertiary/aromatic N) is 3. The largest absolute Gasteiger partial charge is 0.342 e. The summed E-state index contributed by atoms with van der Waals surface area (Å²) in [4.78, 5) is 19.6. The molecule has 140 valence electrons. The number of unbranched alkanes of at least 4 members (excludes halogenated alkanes) is 2. The van der Waals surface area contributed by atoms with Gasteiger partial charge in [-0.1, -0.05) is 40.5 Å². The van der Waals surface area contributed by atoms with Gasteiger partial charge in [-0.05, 0) is 37.1 Å². The van der Waals surface area contributed by atoms with Gasteiger partial charge in [0.05, 0.1) is 6.54 Å². The smallest absolute Gasteiger partial charge is 0.236 e. The van der Waals surface area contributed by atoms with Crippen LogP contribution in [0.5, 0.6) is 0 Å². The molecule has 0 N–H and O–H groups in total. The van der Waals surface area contributed by atoms with E-state index in [4.69, 9.17) is 0 Å². The number of piperazine rings is 1. The van der Waals surface area contributed by atoms with E-state index in [1.165, 1.54) is 25.8 Å². The van der Waals surface area contributed by atoms with Crippen LogP contribution in [0.25, 0.3) is 0 Å². The van der Waals surface area contributed by atoms with Crippen LogP contribution in [0.1, 0.15) is 59.8 Å². The minimum atomic E-state index is 0.347. The van der Waals surface area contributed by atoms with Crippen LogP contribution in [-0.4, -0.2) is 73.0 Å². The van der Waals surface area contributed by atoms with Gasteiger partial charge in [-0.25, -0.2) is 0 Å². The Kier molecular flexibility index (Phi) is 7.55. The molecule has 0 aromatic carbocycles. The lowest BCUT2D eigenvalue weighted by atomic mass is 9.72. The maximum atomic E-state index is 12.6. The highest BCUT2D eigenvalue weighted by atomic mass is 16.2. The Hall–Kier alpha value is -0.610. The van der Waals surface area contributed by atoms with E-state index < -0.39 is 0 Å². The van der Waals surface area contributed by atoms with Crippen LogP contribution >= 0.6 is 0 Å². The van der Waals surface area contributed by atoms with Crippen LogP contribution in [0, 0.1) is 11.3 Å². The van der Waals surface area contributed by atoms with E-state index in [0.717, 1.165) is 52.1 Å². The molecule has 0 aromatic heterocycles. The van der Waals surface area contributed by atoms with Crippen LogP contribution in [0.4, 0.5) is 0 Å². The highest BCUT2D eigenvalue weighted by Gasteiger charge is 2.34. The average molecular weight is 338 g/mol. The first-order valence-corrected chi connectivity index (χ1v) is 10.2. The lowest BCUT2D eigenvalue weighted by Gasteiger charge is -2.43. The summed E-state index contributed by atoms with van der Waals surface area (Å²) >= 11 is 0. The normalized spacial score (nSPS) is 23.0. The highest BCUT2D eigenvalue weighted by molar-refractivity contribution is 5.78. The number of piperidine rings is 1. The number of hydrogen-bond acceptors (Lipinski definition) is 3. The van der Waals surface area contributed by atoms with Crippen molar-refractivity contribution in [2.75, 3.05) is 52.4 Å². The summed E-state index contributed by atoms with van der Waals surface area (Å²) in [6.07, 6.45) is 6.25. The van der Waals surface area contributed by atoms with E-state index in [0.29, 0.717) is 23.8 Å². The van der Waals surface area contributed by atoms with Gasteiger partial charge in [0.25, 0.3) is 0 Å². The Morgan fingerprint density at radius 1 is 0.958 bits per heavy atom. The van der Waals surface area contributed by atoms with Crippen molar-refractivity contribution in [2.24, 2.45) is 11.3 Å². The Bertz CT molecular complexity index is 380. The summed E-state index contributed by atoms with van der Waals surface area (Å²) in [5.41, 5.74) is 0.418. The zero-order valence-corrected chi connectivity index (χ0v) is 16.5. The molecule has 2 rings (SSSR count). The quantitative estimate of drug-likeness (QED) is 0.668. The second-order valence-electron chi connectivity index (χ2n) is 8.51. The summed E-state index contributed by atoms with van der Waals surface area (Å²) in [6.45, 7) is 17.4. The molecule has 0 bridgehead atoms. The number of amides is 1. The van der Waals surface area contributed by atoms with Gasteiger partial charge in [0, 0.05) is 39.3 Å². The van der Waals surface area contributed by atoms with Crippen molar-refractivity contribution in [3.8, 4) is 0 Å². The van der Waals surface area contributed by atoms with Crippen LogP contribution < -0.4 is 0 Å². The number of likely N-dealkylation sites (tertiary alicyclic amines) is 1. The average Bonchev–Trinajstić information content (AvgIpc) is 2.57. The topological polar surface area (TPSA) is 26.8 Å². The number of rotatable bonds is 7. The molecule has 1 amide bonds. The van der Waals surface area contributed by atoms with Crippen molar-refractivity contribution in [3.63, 3.8) is 0 Å². The fraction of sp³-hybridized carbons (Fsp3) is 0.950. The molecule has 2 fully saturated rings. The maximum absolute atomic E-state index is 12.6. The second kappa shape index (κ2) is 9.19. The minimum absolute atomic E-state index is 0.347. The van der Waals surface area contributed by atoms with Gasteiger partial charge in [0.2, 0.25) is 5.91 Å². The molecular formula is C20H39N3O. The molecular weight excluding hydrogens is 298 g/mol. The van der Waals surface area contributed by atoms with Gasteiger partial charge in [-0.2, -0.15) is 0 Å². The molecule has 2 heterocycles. The number of carbonyl (C=O) groups is 1. The zero-order chi connectivity index (χ0) is 17.6. The van der Waals surface area contributed by atoms with E-state index >= 15 is 0 Å². The number of hydrogen-bond donors (Lipinski definition) is 0. The highest BCUT2D eigenvalue weighted by Crippen LogP contribution is 2.37. The van der Waals surface area contributed by atoms with Gasteiger partial charge < -0.3 is 9.80 Å². The van der Waals surface area contributed by atoms with E-state index in [9.17, 15) is 4.79 Å². The fourth-order valence-corrected chi connectivity index (χ4v) is 3.89. The molecule has 0 aliphatic carbocycles. The third-order valence-electron chi connectivity index (χ3n) is 6.55. The van der Waals surface area contributed by atoms with Gasteiger partial charge in [0.15, 0.2) is 0 Å². The van der Waals surface area contributed by atoms with E-state index in [2.05, 4.69) is 42.4 Å². The summed E-state index contributed by atoms with van der Waals surface area (Å²) < 4.78 is 0. The summed E-state index contributed by atoms with van der Waals surface area (Å²) in [5.74, 6) is 1.05. The van der Waals surface area contributed by atoms with Crippen molar-refractivity contribution >= 4 is 5.91 Å². The summed E-state index contributed by atoms with van der Waals surface area (Å²) in [5, 5.41) is 0. The van der Waals surface area contributed by atoms with Gasteiger partial charge in [-0.3, -0.25) is 9.69 Å². The van der Waals surface area contributed by atoms with Crippen LogP contribution in [0.3, 0.4) is 0 Å². The molecule has 2 aliphatic rings. The Labute approximate surface area is 149 Å². The molecule has 0 unspecified atom stereocenters. The molecule has 24 heavy (non-hydrogen) atoms. The molecule has 0 saturated carbocycles. The fourth-order valence-electron chi connectivity index (χ4n) is 3.89. The first-order chi connectivity index (χ1) is 11.4. The first-order valence-electron chi connectivity index (χ1n) is 10.2. The van der Waals surface area contributed by atoms with Crippen LogP contribution in [0.15, 0.2) is 0 Å². The van der Waals surface area contributed by atoms with Crippen molar-refractivity contribution in [1.82, 2.24) is 14.7 Å². The lowest BCUT2D eigenvalue weighted by molar-refractivity contribution is -0.135. The minimum Gasteiger partial charge on any atom is -0.342 e. The van der Waals surface area contributed by atoms with E-state index in [1.807, 2.05) is 0 Å². The predicted octanol–water partition coefficient (Wildman–Crippen LogP) is 3.08. The molecule has 4 heteroatoms. The Morgan fingerprint density at radius 3 is 2.08 bits per heavy atom. The standard InChI is InChI=1S/C20H39N3O/c1-5-6-7-10-21-13-15-22(16-14-21)17-19(24)23-11-8-20(4,9-12-23)18(2)3/h18H,5-17H2,1-4H3. The molecule has 2 saturated heterocycles. The van der Waals surface area contributed by atoms with Crippen LogP contribution in [0.2, 0.25) is 0 Å². The van der Waals surface area contributed by atoms with E-state index in [-0.39, 0.29) is 0 Å². The van der Waals surface area contributed by atoms with Gasteiger partial charge in [-0.15, -0.1) is 0 Å². The van der Waals surface area contributed by atoms with Crippen molar-refractivity contribution in [3.05, 3.63) is 0 Å². The molecule has 4 nitrogen and oxygen atoms in total. The summed E-state index contributed by atoms with van der Waals surface area (Å²) in [7, 11) is 0. The molecule has 0 spiro atoms. The van der Waals surface area contributed by atoms with Gasteiger partial charge >= 0.3 is 0 Å². The predicted molar refractivity (Wildman–Crippen MR) is 101 cm³/mol. The third-order valence-corrected chi connectivity index (χ3v) is 6.55. The Balaban J connectivity index is 1.67. The number of carbonyl (C=O) groups excluding carboxylic acids is 1. The first kappa shape index (κ1) is 19.7.